The zero-order chi connectivity index (χ0) is 16.2. The van der Waals surface area contributed by atoms with E-state index in [2.05, 4.69) is 15.2 Å². The van der Waals surface area contributed by atoms with Gasteiger partial charge in [-0.05, 0) is 24.3 Å². The molecule has 1 amide bonds. The number of fused-ring (bicyclic) bond motifs is 1. The number of benzene rings is 1. The first-order valence-corrected chi connectivity index (χ1v) is 8.27. The third-order valence-electron chi connectivity index (χ3n) is 4.27. The molecule has 0 saturated carbocycles. The van der Waals surface area contributed by atoms with E-state index in [9.17, 15) is 4.79 Å². The number of pyridine rings is 1. The number of hydrogen-bond acceptors (Lipinski definition) is 4. The predicted octanol–water partition coefficient (Wildman–Crippen LogP) is 2.46. The minimum absolute atomic E-state index is 0.171. The van der Waals surface area contributed by atoms with Crippen molar-refractivity contribution in [1.29, 1.82) is 0 Å². The second-order valence-corrected chi connectivity index (χ2v) is 6.23. The third kappa shape index (κ3) is 3.92. The van der Waals surface area contributed by atoms with Crippen molar-refractivity contribution in [1.82, 2.24) is 14.8 Å². The van der Waals surface area contributed by atoms with Crippen LogP contribution in [0.1, 0.15) is 6.92 Å². The molecule has 0 unspecified atom stereocenters. The molecule has 2 aromatic rings. The summed E-state index contributed by atoms with van der Waals surface area (Å²) in [6.07, 6.45) is 1.80. The first-order valence-electron chi connectivity index (χ1n) is 7.89. The van der Waals surface area contributed by atoms with E-state index < -0.39 is 0 Å². The summed E-state index contributed by atoms with van der Waals surface area (Å²) in [5.74, 6) is 0.171. The Morgan fingerprint density at radius 1 is 1.26 bits per heavy atom. The van der Waals surface area contributed by atoms with Crippen molar-refractivity contribution in [2.75, 3.05) is 44.6 Å². The lowest BCUT2D eigenvalue weighted by Crippen LogP contribution is -2.49. The van der Waals surface area contributed by atoms with Gasteiger partial charge in [0.2, 0.25) is 5.91 Å². The molecule has 0 aliphatic carbocycles. The Kier molecular flexibility index (Phi) is 4.98. The van der Waals surface area contributed by atoms with Crippen molar-refractivity contribution in [2.45, 2.75) is 6.92 Å². The average molecular weight is 333 g/mol. The van der Waals surface area contributed by atoms with Gasteiger partial charge < -0.3 is 10.2 Å². The number of carbonyl (C=O) groups is 1. The minimum atomic E-state index is 0.171. The van der Waals surface area contributed by atoms with Crippen LogP contribution in [0.25, 0.3) is 10.9 Å². The molecule has 1 aromatic carbocycles. The number of nitrogens with one attached hydrogen (secondary N) is 1. The first-order chi connectivity index (χ1) is 11.1. The van der Waals surface area contributed by atoms with Crippen molar-refractivity contribution >= 4 is 34.1 Å². The number of nitrogens with zero attached hydrogens (tertiary/aromatic N) is 3. The number of rotatable bonds is 4. The second kappa shape index (κ2) is 7.15. The Morgan fingerprint density at radius 3 is 2.78 bits per heavy atom. The van der Waals surface area contributed by atoms with E-state index in [-0.39, 0.29) is 5.91 Å². The van der Waals surface area contributed by atoms with Crippen molar-refractivity contribution in [2.24, 2.45) is 0 Å². The molecule has 1 aliphatic rings. The van der Waals surface area contributed by atoms with Gasteiger partial charge in [0.1, 0.15) is 0 Å². The van der Waals surface area contributed by atoms with Gasteiger partial charge >= 0.3 is 0 Å². The molecule has 5 nitrogen and oxygen atoms in total. The van der Waals surface area contributed by atoms with E-state index >= 15 is 0 Å². The van der Waals surface area contributed by atoms with Gasteiger partial charge in [0, 0.05) is 68.5 Å². The predicted molar refractivity (Wildman–Crippen MR) is 93.9 cm³/mol. The zero-order valence-corrected chi connectivity index (χ0v) is 14.0. The van der Waals surface area contributed by atoms with E-state index in [0.29, 0.717) is 5.02 Å². The molecule has 1 N–H and O–H groups in total. The van der Waals surface area contributed by atoms with Crippen LogP contribution in [0.15, 0.2) is 30.5 Å². The maximum atomic E-state index is 11.3. The average Bonchev–Trinajstić information content (AvgIpc) is 2.55. The molecule has 1 saturated heterocycles. The van der Waals surface area contributed by atoms with Crippen LogP contribution >= 0.6 is 11.6 Å². The number of carbonyl (C=O) groups excluding carboxylic acids is 1. The van der Waals surface area contributed by atoms with Gasteiger partial charge in [-0.25, -0.2) is 0 Å². The van der Waals surface area contributed by atoms with Crippen molar-refractivity contribution in [3.63, 3.8) is 0 Å². The summed E-state index contributed by atoms with van der Waals surface area (Å²) < 4.78 is 0. The molecule has 1 aliphatic heterocycles. The van der Waals surface area contributed by atoms with Crippen LogP contribution in [0.5, 0.6) is 0 Å². The molecule has 0 spiro atoms. The van der Waals surface area contributed by atoms with Gasteiger partial charge in [-0.1, -0.05) is 11.6 Å². The highest BCUT2D eigenvalue weighted by molar-refractivity contribution is 6.31. The maximum absolute atomic E-state index is 11.3. The standard InChI is InChI=1S/C17H21ClN4O/c1-13(23)22-10-8-21(9-11-22)7-6-20-16-4-5-19-17-12-14(18)2-3-15(16)17/h2-5,12H,6-11H2,1H3,(H,19,20). The summed E-state index contributed by atoms with van der Waals surface area (Å²) in [7, 11) is 0. The molecule has 0 radical (unpaired) electrons. The van der Waals surface area contributed by atoms with Crippen LogP contribution in [0, 0.1) is 0 Å². The summed E-state index contributed by atoms with van der Waals surface area (Å²) in [5.41, 5.74) is 1.98. The van der Waals surface area contributed by atoms with Crippen LogP contribution in [0.4, 0.5) is 5.69 Å². The zero-order valence-electron chi connectivity index (χ0n) is 13.3. The highest BCUT2D eigenvalue weighted by atomic mass is 35.5. The topological polar surface area (TPSA) is 48.5 Å². The maximum Gasteiger partial charge on any atom is 0.219 e. The van der Waals surface area contributed by atoms with E-state index in [1.54, 1.807) is 13.1 Å². The Bertz CT molecular complexity index is 698. The Labute approximate surface area is 141 Å². The van der Waals surface area contributed by atoms with Gasteiger partial charge in [0.25, 0.3) is 0 Å². The summed E-state index contributed by atoms with van der Waals surface area (Å²) >= 11 is 6.02. The minimum Gasteiger partial charge on any atom is -0.383 e. The van der Waals surface area contributed by atoms with Crippen molar-refractivity contribution in [3.8, 4) is 0 Å². The summed E-state index contributed by atoms with van der Waals surface area (Å²) in [4.78, 5) is 20.0. The Morgan fingerprint density at radius 2 is 2.04 bits per heavy atom. The number of halogens is 1. The van der Waals surface area contributed by atoms with Crippen molar-refractivity contribution in [3.05, 3.63) is 35.5 Å². The van der Waals surface area contributed by atoms with E-state index in [1.165, 1.54) is 0 Å². The number of amides is 1. The SMILES string of the molecule is CC(=O)N1CCN(CCNc2ccnc3cc(Cl)ccc23)CC1. The van der Waals surface area contributed by atoms with Gasteiger partial charge in [-0.2, -0.15) is 0 Å². The fourth-order valence-corrected chi connectivity index (χ4v) is 3.08. The molecule has 2 heterocycles. The quantitative estimate of drug-likeness (QED) is 0.934. The molecular weight excluding hydrogens is 312 g/mol. The van der Waals surface area contributed by atoms with E-state index in [0.717, 1.165) is 55.9 Å². The summed E-state index contributed by atoms with van der Waals surface area (Å²) in [6.45, 7) is 6.99. The monoisotopic (exact) mass is 332 g/mol. The smallest absolute Gasteiger partial charge is 0.219 e. The number of anilines is 1. The molecule has 0 bridgehead atoms. The van der Waals surface area contributed by atoms with E-state index in [4.69, 9.17) is 11.6 Å². The number of aromatic nitrogens is 1. The third-order valence-corrected chi connectivity index (χ3v) is 4.50. The first kappa shape index (κ1) is 16.0. The molecule has 3 rings (SSSR count). The summed E-state index contributed by atoms with van der Waals surface area (Å²) in [6, 6.07) is 7.75. The van der Waals surface area contributed by atoms with Crippen LogP contribution in [0.2, 0.25) is 5.02 Å². The van der Waals surface area contributed by atoms with Gasteiger partial charge in [-0.15, -0.1) is 0 Å². The molecule has 6 heteroatoms. The normalized spacial score (nSPS) is 15.8. The lowest BCUT2D eigenvalue weighted by Gasteiger charge is -2.34. The van der Waals surface area contributed by atoms with Crippen LogP contribution < -0.4 is 5.32 Å². The molecule has 0 atom stereocenters. The molecule has 1 fully saturated rings. The Hall–Kier alpha value is -1.85. The fraction of sp³-hybridized carbons (Fsp3) is 0.412. The Balaban J connectivity index is 1.54. The van der Waals surface area contributed by atoms with E-state index in [1.807, 2.05) is 29.2 Å². The van der Waals surface area contributed by atoms with Gasteiger partial charge in [-0.3, -0.25) is 14.7 Å². The lowest BCUT2D eigenvalue weighted by atomic mass is 10.2. The largest absolute Gasteiger partial charge is 0.383 e. The lowest BCUT2D eigenvalue weighted by molar-refractivity contribution is -0.130. The summed E-state index contributed by atoms with van der Waals surface area (Å²) in [5, 5.41) is 5.26. The highest BCUT2D eigenvalue weighted by Gasteiger charge is 2.17. The fourth-order valence-electron chi connectivity index (χ4n) is 2.91. The molecule has 1 aromatic heterocycles. The second-order valence-electron chi connectivity index (χ2n) is 5.79. The van der Waals surface area contributed by atoms with Gasteiger partial charge in [0.05, 0.1) is 5.52 Å². The van der Waals surface area contributed by atoms with Gasteiger partial charge in [0.15, 0.2) is 0 Å². The molecule has 122 valence electrons. The van der Waals surface area contributed by atoms with Crippen LogP contribution in [-0.4, -0.2) is 60.0 Å². The molecule has 23 heavy (non-hydrogen) atoms. The number of piperazine rings is 1. The van der Waals surface area contributed by atoms with Crippen LogP contribution in [0.3, 0.4) is 0 Å². The number of hydrogen-bond donors (Lipinski definition) is 1. The molecular formula is C17H21ClN4O. The van der Waals surface area contributed by atoms with Crippen molar-refractivity contribution < 1.29 is 4.79 Å². The van der Waals surface area contributed by atoms with Crippen LogP contribution in [-0.2, 0) is 4.79 Å². The highest BCUT2D eigenvalue weighted by Crippen LogP contribution is 2.24.